The highest BCUT2D eigenvalue weighted by molar-refractivity contribution is 7.17. The number of ether oxygens (including phenoxy) is 1. The lowest BCUT2D eigenvalue weighted by atomic mass is 10.0. The van der Waals surface area contributed by atoms with Crippen LogP contribution < -0.4 is 5.32 Å². The number of hydrogen-bond donors (Lipinski definition) is 1. The molecule has 0 spiro atoms. The molecule has 1 aromatic heterocycles. The molecule has 0 saturated carbocycles. The number of amides is 1. The van der Waals surface area contributed by atoms with E-state index in [1.807, 2.05) is 0 Å². The quantitative estimate of drug-likeness (QED) is 0.750. The number of carbonyl (C=O) groups excluding carboxylic acids is 2. The number of benzene rings is 1. The Morgan fingerprint density at radius 1 is 1.30 bits per heavy atom. The van der Waals surface area contributed by atoms with Gasteiger partial charge in [0.2, 0.25) is 0 Å². The third kappa shape index (κ3) is 4.48. The molecule has 0 bridgehead atoms. The average molecular weight is 413 g/mol. The molecular formula is C19H22ClFN2O3S. The highest BCUT2D eigenvalue weighted by Gasteiger charge is 2.29. The van der Waals surface area contributed by atoms with Crippen molar-refractivity contribution < 1.29 is 18.7 Å². The van der Waals surface area contributed by atoms with Gasteiger partial charge in [0.1, 0.15) is 10.8 Å². The van der Waals surface area contributed by atoms with Crippen molar-refractivity contribution >= 4 is 40.6 Å². The molecular weight excluding hydrogens is 391 g/mol. The molecule has 2 heterocycles. The fourth-order valence-corrected chi connectivity index (χ4v) is 4.32. The molecule has 1 aliphatic heterocycles. The van der Waals surface area contributed by atoms with Crippen molar-refractivity contribution in [3.63, 3.8) is 0 Å². The number of nitrogens with one attached hydrogen (secondary N) is 1. The van der Waals surface area contributed by atoms with Gasteiger partial charge in [0.15, 0.2) is 0 Å². The van der Waals surface area contributed by atoms with Crippen LogP contribution >= 0.6 is 23.7 Å². The molecule has 0 unspecified atom stereocenters. The summed E-state index contributed by atoms with van der Waals surface area (Å²) in [5, 5.41) is 3.15. The normalized spacial score (nSPS) is 13.4. The smallest absolute Gasteiger partial charge is 0.341 e. The predicted molar refractivity (Wildman–Crippen MR) is 107 cm³/mol. The maximum Gasteiger partial charge on any atom is 0.341 e. The van der Waals surface area contributed by atoms with Crippen LogP contribution in [0.3, 0.4) is 0 Å². The summed E-state index contributed by atoms with van der Waals surface area (Å²) in [5.41, 5.74) is 1.29. The minimum atomic E-state index is -0.596. The van der Waals surface area contributed by atoms with E-state index in [9.17, 15) is 14.0 Å². The summed E-state index contributed by atoms with van der Waals surface area (Å²) in [7, 11) is 0. The molecule has 27 heavy (non-hydrogen) atoms. The lowest BCUT2D eigenvalue weighted by molar-refractivity contribution is 0.0526. The number of hydrogen-bond acceptors (Lipinski definition) is 5. The first-order valence-corrected chi connectivity index (χ1v) is 9.46. The van der Waals surface area contributed by atoms with Gasteiger partial charge in [-0.25, -0.2) is 9.18 Å². The Labute approximate surface area is 167 Å². The number of anilines is 1. The molecule has 8 heteroatoms. The number of thiophene rings is 1. The molecule has 1 N–H and O–H groups in total. The second kappa shape index (κ2) is 9.30. The Morgan fingerprint density at radius 3 is 2.70 bits per heavy atom. The number of fused-ring (bicyclic) bond motifs is 1. The van der Waals surface area contributed by atoms with Crippen LogP contribution in [0, 0.1) is 5.82 Å². The Bertz CT molecular complexity index is 840. The summed E-state index contributed by atoms with van der Waals surface area (Å²) in [4.78, 5) is 28.3. The first kappa shape index (κ1) is 21.3. The number of rotatable bonds is 5. The maximum atomic E-state index is 13.9. The molecule has 3 rings (SSSR count). The Hall–Kier alpha value is -1.96. The first-order chi connectivity index (χ1) is 12.5. The van der Waals surface area contributed by atoms with E-state index in [4.69, 9.17) is 4.74 Å². The van der Waals surface area contributed by atoms with Crippen molar-refractivity contribution in [2.75, 3.05) is 25.0 Å². The molecule has 146 valence electrons. The molecule has 2 aromatic rings. The molecule has 0 atom stereocenters. The standard InChI is InChI=1S/C19H21FN2O3S.ClH/c1-3-22-10-9-13-15(11-22)26-18(16(13)19(24)25-4-2)21-17(23)12-7-5-6-8-14(12)20;/h5-8H,3-4,9-11H2,1-2H3,(H,21,23);1H. The van der Waals surface area contributed by atoms with Crippen molar-refractivity contribution in [3.05, 3.63) is 51.7 Å². The highest BCUT2D eigenvalue weighted by Crippen LogP contribution is 2.38. The second-order valence-corrected chi connectivity index (χ2v) is 7.09. The minimum Gasteiger partial charge on any atom is -0.462 e. The largest absolute Gasteiger partial charge is 0.462 e. The van der Waals surface area contributed by atoms with Crippen molar-refractivity contribution in [1.29, 1.82) is 0 Å². The monoisotopic (exact) mass is 412 g/mol. The van der Waals surface area contributed by atoms with E-state index in [0.29, 0.717) is 10.6 Å². The summed E-state index contributed by atoms with van der Waals surface area (Å²) in [6.07, 6.45) is 0.726. The van der Waals surface area contributed by atoms with Crippen molar-refractivity contribution in [1.82, 2.24) is 4.90 Å². The van der Waals surface area contributed by atoms with Crippen molar-refractivity contribution in [2.24, 2.45) is 0 Å². The Kier molecular flexibility index (Phi) is 7.35. The minimum absolute atomic E-state index is 0. The lowest BCUT2D eigenvalue weighted by Crippen LogP contribution is -2.30. The molecule has 0 saturated heterocycles. The number of esters is 1. The number of carbonyl (C=O) groups is 2. The van der Waals surface area contributed by atoms with Gasteiger partial charge in [-0.1, -0.05) is 19.1 Å². The van der Waals surface area contributed by atoms with Crippen molar-refractivity contribution in [2.45, 2.75) is 26.8 Å². The molecule has 5 nitrogen and oxygen atoms in total. The lowest BCUT2D eigenvalue weighted by Gasteiger charge is -2.25. The fourth-order valence-electron chi connectivity index (χ4n) is 3.05. The zero-order valence-corrected chi connectivity index (χ0v) is 16.8. The number of nitrogens with zero attached hydrogens (tertiary/aromatic N) is 1. The van der Waals surface area contributed by atoms with Crippen molar-refractivity contribution in [3.8, 4) is 0 Å². The summed E-state index contributed by atoms with van der Waals surface area (Å²) < 4.78 is 19.1. The van der Waals surface area contributed by atoms with Crippen LogP contribution in [0.15, 0.2) is 24.3 Å². The van der Waals surface area contributed by atoms with Crippen LogP contribution in [0.2, 0.25) is 0 Å². The maximum absolute atomic E-state index is 13.9. The van der Waals surface area contributed by atoms with Crippen LogP contribution in [0.4, 0.5) is 9.39 Å². The molecule has 1 amide bonds. The first-order valence-electron chi connectivity index (χ1n) is 8.65. The van der Waals surface area contributed by atoms with Crippen LogP contribution in [0.1, 0.15) is 45.0 Å². The average Bonchev–Trinajstić information content (AvgIpc) is 2.98. The van der Waals surface area contributed by atoms with Crippen LogP contribution in [-0.4, -0.2) is 36.5 Å². The van der Waals surface area contributed by atoms with E-state index in [2.05, 4.69) is 17.1 Å². The van der Waals surface area contributed by atoms with Gasteiger partial charge >= 0.3 is 5.97 Å². The summed E-state index contributed by atoms with van der Waals surface area (Å²) in [5.74, 6) is -1.61. The van der Waals surface area contributed by atoms with Gasteiger partial charge in [-0.15, -0.1) is 23.7 Å². The van der Waals surface area contributed by atoms with E-state index < -0.39 is 17.7 Å². The van der Waals surface area contributed by atoms with Crippen LogP contribution in [0.5, 0.6) is 0 Å². The molecule has 1 aromatic carbocycles. The van der Waals surface area contributed by atoms with Gasteiger partial charge in [0, 0.05) is 18.0 Å². The zero-order valence-electron chi connectivity index (χ0n) is 15.2. The van der Waals surface area contributed by atoms with Gasteiger partial charge in [-0.05, 0) is 37.6 Å². The van der Waals surface area contributed by atoms with Gasteiger partial charge < -0.3 is 10.1 Å². The molecule has 0 fully saturated rings. The van der Waals surface area contributed by atoms with Gasteiger partial charge in [-0.3, -0.25) is 9.69 Å². The third-order valence-electron chi connectivity index (χ3n) is 4.41. The summed E-state index contributed by atoms with van der Waals surface area (Å²) >= 11 is 1.37. The summed E-state index contributed by atoms with van der Waals surface area (Å²) in [6.45, 7) is 6.60. The topological polar surface area (TPSA) is 58.6 Å². The number of halogens is 2. The van der Waals surface area contributed by atoms with E-state index in [0.717, 1.165) is 36.5 Å². The third-order valence-corrected chi connectivity index (χ3v) is 5.54. The molecule has 0 radical (unpaired) electrons. The Morgan fingerprint density at radius 2 is 2.04 bits per heavy atom. The highest BCUT2D eigenvalue weighted by atomic mass is 35.5. The molecule has 1 aliphatic rings. The second-order valence-electron chi connectivity index (χ2n) is 5.98. The van der Waals surface area contributed by atoms with E-state index in [-0.39, 0.29) is 24.6 Å². The molecule has 0 aliphatic carbocycles. The zero-order chi connectivity index (χ0) is 18.7. The van der Waals surface area contributed by atoms with E-state index in [1.165, 1.54) is 29.5 Å². The SMILES string of the molecule is CCOC(=O)c1c(NC(=O)c2ccccc2F)sc2c1CCN(CC)C2.Cl. The van der Waals surface area contributed by atoms with E-state index in [1.54, 1.807) is 13.0 Å². The van der Waals surface area contributed by atoms with E-state index >= 15 is 0 Å². The Balaban J connectivity index is 0.00000261. The number of likely N-dealkylation sites (N-methyl/N-ethyl adjacent to an activating group) is 1. The van der Waals surface area contributed by atoms with Gasteiger partial charge in [0.25, 0.3) is 5.91 Å². The predicted octanol–water partition coefficient (Wildman–Crippen LogP) is 4.12. The van der Waals surface area contributed by atoms with Crippen LogP contribution in [-0.2, 0) is 17.7 Å². The van der Waals surface area contributed by atoms with Crippen LogP contribution in [0.25, 0.3) is 0 Å². The van der Waals surface area contributed by atoms with Gasteiger partial charge in [0.05, 0.1) is 17.7 Å². The fraction of sp³-hybridized carbons (Fsp3) is 0.368. The summed E-state index contributed by atoms with van der Waals surface area (Å²) in [6, 6.07) is 5.78. The van der Waals surface area contributed by atoms with Gasteiger partial charge in [-0.2, -0.15) is 0 Å².